The van der Waals surface area contributed by atoms with Crippen LogP contribution in [0.15, 0.2) is 42.5 Å². The first-order valence-corrected chi connectivity index (χ1v) is 8.26. The molecule has 2 aromatic carbocycles. The molecule has 0 spiro atoms. The molecular formula is C19H19N2O2SY+2. The summed E-state index contributed by atoms with van der Waals surface area (Å²) in [4.78, 5) is 14.5. The Bertz CT molecular complexity index is 767. The van der Waals surface area contributed by atoms with Gasteiger partial charge in [0.25, 0.3) is 0 Å². The number of cyclic esters (lactones) is 1. The molecule has 1 fully saturated rings. The van der Waals surface area contributed by atoms with Gasteiger partial charge in [0.2, 0.25) is 0 Å². The third-order valence-electron chi connectivity index (χ3n) is 3.95. The summed E-state index contributed by atoms with van der Waals surface area (Å²) in [6, 6.07) is 17.2. The number of rotatable bonds is 4. The van der Waals surface area contributed by atoms with Crippen LogP contribution < -0.4 is 10.2 Å². The molecule has 6 heteroatoms. The number of carbonyl (C=O) groups excluding carboxylic acids is 1. The number of nitrogens with one attached hydrogen (secondary N) is 1. The standard InChI is InChI=1S/C19H19N2O2S.Y/c1-13-10-16(8-9-18(13)15-6-4-3-5-7-15)21-12-17(23-19(21)22)11-20-14(2)24;/h3-8,10,17H,11-12H2,1-2H3,(H,20,24);/q-1;+3. The van der Waals surface area contributed by atoms with Gasteiger partial charge < -0.3 is 15.0 Å². The molecule has 1 heterocycles. The summed E-state index contributed by atoms with van der Waals surface area (Å²) in [7, 11) is 0. The van der Waals surface area contributed by atoms with Crippen molar-refractivity contribution in [3.8, 4) is 11.1 Å². The number of nitrogens with zero attached hydrogens (tertiary/aromatic N) is 1. The maximum absolute atomic E-state index is 12.1. The van der Waals surface area contributed by atoms with Crippen molar-refractivity contribution in [1.82, 2.24) is 5.32 Å². The second-order valence-corrected chi connectivity index (χ2v) is 6.45. The van der Waals surface area contributed by atoms with Crippen LogP contribution in [0, 0.1) is 13.0 Å². The zero-order valence-corrected chi connectivity index (χ0v) is 17.9. The van der Waals surface area contributed by atoms with Gasteiger partial charge in [-0.2, -0.15) is 0 Å². The number of hydrogen-bond acceptors (Lipinski definition) is 3. The van der Waals surface area contributed by atoms with E-state index in [0.29, 0.717) is 18.1 Å². The van der Waals surface area contributed by atoms with E-state index in [2.05, 4.69) is 23.5 Å². The molecule has 4 nitrogen and oxygen atoms in total. The molecule has 0 radical (unpaired) electrons. The van der Waals surface area contributed by atoms with Crippen LogP contribution in [0.4, 0.5) is 10.5 Å². The molecule has 0 aromatic heterocycles. The number of anilines is 1. The van der Waals surface area contributed by atoms with Crippen molar-refractivity contribution in [3.63, 3.8) is 0 Å². The fourth-order valence-electron chi connectivity index (χ4n) is 2.76. The van der Waals surface area contributed by atoms with Crippen molar-refractivity contribution in [3.05, 3.63) is 54.1 Å². The third kappa shape index (κ3) is 4.87. The van der Waals surface area contributed by atoms with Crippen molar-refractivity contribution in [2.24, 2.45) is 0 Å². The minimum absolute atomic E-state index is 0. The molecule has 3 rings (SSSR count). The molecule has 2 aromatic rings. The van der Waals surface area contributed by atoms with Crippen molar-refractivity contribution in [1.29, 1.82) is 0 Å². The van der Waals surface area contributed by atoms with Crippen LogP contribution >= 0.6 is 12.2 Å². The van der Waals surface area contributed by atoms with Gasteiger partial charge in [-0.05, 0) is 12.6 Å². The average Bonchev–Trinajstić information content (AvgIpc) is 2.94. The summed E-state index contributed by atoms with van der Waals surface area (Å²) >= 11 is 4.99. The molecule has 1 unspecified atom stereocenters. The van der Waals surface area contributed by atoms with Crippen LogP contribution in [0.2, 0.25) is 0 Å². The van der Waals surface area contributed by atoms with Gasteiger partial charge in [-0.15, -0.1) is 29.3 Å². The minimum atomic E-state index is -0.330. The first-order valence-electron chi connectivity index (χ1n) is 7.85. The number of aryl methyl sites for hydroxylation is 1. The van der Waals surface area contributed by atoms with E-state index in [-0.39, 0.29) is 44.9 Å². The van der Waals surface area contributed by atoms with Crippen LogP contribution in [0.3, 0.4) is 0 Å². The van der Waals surface area contributed by atoms with Gasteiger partial charge in [-0.25, -0.2) is 4.79 Å². The van der Waals surface area contributed by atoms with E-state index in [1.807, 2.05) is 44.2 Å². The fraction of sp³-hybridized carbons (Fsp3) is 0.263. The van der Waals surface area contributed by atoms with Crippen LogP contribution in [0.25, 0.3) is 11.1 Å². The van der Waals surface area contributed by atoms with Crippen molar-refractivity contribution in [2.75, 3.05) is 18.0 Å². The Labute approximate surface area is 178 Å². The number of hydrogen-bond donors (Lipinski definition) is 1. The van der Waals surface area contributed by atoms with Gasteiger partial charge >= 0.3 is 38.8 Å². The average molecular weight is 428 g/mol. The van der Waals surface area contributed by atoms with E-state index in [0.717, 1.165) is 22.4 Å². The maximum Gasteiger partial charge on any atom is 3.00 e. The van der Waals surface area contributed by atoms with Crippen LogP contribution in [0.5, 0.6) is 0 Å². The Morgan fingerprint density at radius 3 is 2.76 bits per heavy atom. The van der Waals surface area contributed by atoms with Crippen molar-refractivity contribution >= 4 is 29.0 Å². The maximum atomic E-state index is 12.1. The quantitative estimate of drug-likeness (QED) is 0.596. The third-order valence-corrected chi connectivity index (χ3v) is 4.09. The number of thiocarbonyl (C=S) groups is 1. The van der Waals surface area contributed by atoms with Gasteiger partial charge in [0.15, 0.2) is 0 Å². The summed E-state index contributed by atoms with van der Waals surface area (Å²) in [5.41, 5.74) is 4.03. The fourth-order valence-corrected chi connectivity index (χ4v) is 2.85. The molecule has 124 valence electrons. The van der Waals surface area contributed by atoms with E-state index in [9.17, 15) is 4.79 Å². The van der Waals surface area contributed by atoms with Gasteiger partial charge in [0.05, 0.1) is 18.1 Å². The summed E-state index contributed by atoms with van der Waals surface area (Å²) in [6.45, 7) is 4.87. The molecule has 1 N–H and O–H groups in total. The van der Waals surface area contributed by atoms with E-state index in [4.69, 9.17) is 17.0 Å². The molecule has 1 amide bonds. The number of ether oxygens (including phenoxy) is 1. The van der Waals surface area contributed by atoms with Crippen molar-refractivity contribution in [2.45, 2.75) is 20.0 Å². The molecule has 1 aliphatic rings. The predicted molar refractivity (Wildman–Crippen MR) is 99.3 cm³/mol. The number of benzene rings is 2. The van der Waals surface area contributed by atoms with E-state index in [1.165, 1.54) is 0 Å². The first kappa shape index (κ1) is 20.0. The second-order valence-electron chi connectivity index (χ2n) is 5.84. The Morgan fingerprint density at radius 2 is 2.12 bits per heavy atom. The number of amides is 1. The Kier molecular flexibility index (Phi) is 7.11. The van der Waals surface area contributed by atoms with Gasteiger partial charge in [0, 0.05) is 0 Å². The van der Waals surface area contributed by atoms with E-state index < -0.39 is 0 Å². The van der Waals surface area contributed by atoms with Crippen LogP contribution in [-0.2, 0) is 37.4 Å². The zero-order valence-electron chi connectivity index (χ0n) is 14.3. The molecule has 1 saturated heterocycles. The SMILES string of the molecule is CC(=S)NCC1CN(c2c[c-]c(-c3ccccc3)c(C)c2)C(=O)O1.[Y+3]. The summed E-state index contributed by atoms with van der Waals surface area (Å²) in [6.07, 6.45) is -0.534. The second kappa shape index (κ2) is 8.88. The molecule has 0 saturated carbocycles. The summed E-state index contributed by atoms with van der Waals surface area (Å²) < 4.78 is 5.38. The smallest absolute Gasteiger partial charge is 0.443 e. The molecule has 1 atom stereocenters. The predicted octanol–water partition coefficient (Wildman–Crippen LogP) is 3.72. The molecule has 0 bridgehead atoms. The van der Waals surface area contributed by atoms with Gasteiger partial charge in [-0.1, -0.05) is 55.0 Å². The van der Waals surface area contributed by atoms with E-state index >= 15 is 0 Å². The van der Waals surface area contributed by atoms with Crippen molar-refractivity contribution < 1.29 is 42.2 Å². The minimum Gasteiger partial charge on any atom is -0.443 e. The first-order chi connectivity index (χ1) is 11.5. The monoisotopic (exact) mass is 428 g/mol. The zero-order chi connectivity index (χ0) is 17.1. The molecule has 0 aliphatic carbocycles. The van der Waals surface area contributed by atoms with Gasteiger partial charge in [-0.3, -0.25) is 0 Å². The molecule has 1 aliphatic heterocycles. The molecular weight excluding hydrogens is 409 g/mol. The Morgan fingerprint density at radius 1 is 1.40 bits per heavy atom. The summed E-state index contributed by atoms with van der Waals surface area (Å²) in [5, 5.41) is 3.04. The van der Waals surface area contributed by atoms with Gasteiger partial charge in [0.1, 0.15) is 6.10 Å². The number of carbonyl (C=O) groups is 1. The Hall–Kier alpha value is -1.30. The van der Waals surface area contributed by atoms with Crippen LogP contribution in [-0.4, -0.2) is 30.3 Å². The Balaban J connectivity index is 0.00000225. The largest absolute Gasteiger partial charge is 3.00 e. The van der Waals surface area contributed by atoms with Crippen LogP contribution in [0.1, 0.15) is 12.5 Å². The van der Waals surface area contributed by atoms with E-state index in [1.54, 1.807) is 4.90 Å². The topological polar surface area (TPSA) is 41.6 Å². The normalized spacial score (nSPS) is 16.2. The summed E-state index contributed by atoms with van der Waals surface area (Å²) in [5.74, 6) is 0. The molecule has 25 heavy (non-hydrogen) atoms.